The lowest BCUT2D eigenvalue weighted by Gasteiger charge is -2.32. The molecule has 1 aliphatic heterocycles. The fourth-order valence-electron chi connectivity index (χ4n) is 2.84. The highest BCUT2D eigenvalue weighted by molar-refractivity contribution is 7.89. The largest absolute Gasteiger partial charge is 0.495 e. The third-order valence-corrected chi connectivity index (χ3v) is 5.98. The molecule has 1 saturated heterocycles. The van der Waals surface area contributed by atoms with Crippen LogP contribution in [0.3, 0.4) is 0 Å². The smallest absolute Gasteiger partial charge is 0.251 e. The van der Waals surface area contributed by atoms with Gasteiger partial charge in [0.15, 0.2) is 0 Å². The van der Waals surface area contributed by atoms with Crippen molar-refractivity contribution >= 4 is 10.0 Å². The minimum atomic E-state index is -3.72. The number of aromatic nitrogens is 2. The van der Waals surface area contributed by atoms with Gasteiger partial charge < -0.3 is 9.47 Å². The lowest BCUT2D eigenvalue weighted by Crippen LogP contribution is -2.44. The van der Waals surface area contributed by atoms with Gasteiger partial charge in [-0.05, 0) is 25.0 Å². The van der Waals surface area contributed by atoms with Crippen molar-refractivity contribution in [1.82, 2.24) is 14.3 Å². The highest BCUT2D eigenvalue weighted by atomic mass is 32.2. The normalized spacial score (nSPS) is 18.1. The summed E-state index contributed by atoms with van der Waals surface area (Å²) < 4.78 is 38.3. The number of methoxy groups -OCH3 is 1. The number of hydrogen-bond acceptors (Lipinski definition) is 7. The van der Waals surface area contributed by atoms with Crippen molar-refractivity contribution in [3.8, 4) is 17.7 Å². The van der Waals surface area contributed by atoms with E-state index in [0.717, 1.165) is 0 Å². The maximum Gasteiger partial charge on any atom is 0.251 e. The van der Waals surface area contributed by atoms with E-state index in [9.17, 15) is 8.42 Å². The Kier molecular flexibility index (Phi) is 5.35. The number of ether oxygens (including phenoxy) is 2. The van der Waals surface area contributed by atoms with Crippen molar-refractivity contribution in [2.45, 2.75) is 23.8 Å². The summed E-state index contributed by atoms with van der Waals surface area (Å²) in [4.78, 5) is 8.05. The number of piperidine rings is 1. The quantitative estimate of drug-likeness (QED) is 0.782. The summed E-state index contributed by atoms with van der Waals surface area (Å²) in [5, 5.41) is 9.08. The molecule has 1 atom stereocenters. The van der Waals surface area contributed by atoms with E-state index in [1.54, 1.807) is 18.2 Å². The van der Waals surface area contributed by atoms with E-state index in [1.807, 2.05) is 6.07 Å². The molecule has 26 heavy (non-hydrogen) atoms. The number of rotatable bonds is 5. The molecule has 1 aromatic carbocycles. The molecule has 2 heterocycles. The van der Waals surface area contributed by atoms with Gasteiger partial charge in [0.25, 0.3) is 5.88 Å². The first-order valence-electron chi connectivity index (χ1n) is 8.07. The highest BCUT2D eigenvalue weighted by Gasteiger charge is 2.33. The van der Waals surface area contributed by atoms with Crippen molar-refractivity contribution in [2.75, 3.05) is 20.2 Å². The Labute approximate surface area is 152 Å². The summed E-state index contributed by atoms with van der Waals surface area (Å²) in [6.07, 6.45) is 3.74. The van der Waals surface area contributed by atoms with Crippen LogP contribution in [0.25, 0.3) is 0 Å². The van der Waals surface area contributed by atoms with E-state index in [-0.39, 0.29) is 23.0 Å². The predicted octanol–water partition coefficient (Wildman–Crippen LogP) is 1.59. The summed E-state index contributed by atoms with van der Waals surface area (Å²) >= 11 is 0. The lowest BCUT2D eigenvalue weighted by molar-refractivity contribution is 0.123. The maximum atomic E-state index is 13.0. The fraction of sp³-hybridized carbons (Fsp3) is 0.353. The van der Waals surface area contributed by atoms with Gasteiger partial charge in [0, 0.05) is 18.9 Å². The summed E-state index contributed by atoms with van der Waals surface area (Å²) in [5.41, 5.74) is 0.0807. The molecule has 3 rings (SSSR count). The molecule has 0 amide bonds. The highest BCUT2D eigenvalue weighted by Crippen LogP contribution is 2.29. The Morgan fingerprint density at radius 3 is 2.81 bits per heavy atom. The monoisotopic (exact) mass is 374 g/mol. The Morgan fingerprint density at radius 2 is 2.04 bits per heavy atom. The second-order valence-corrected chi connectivity index (χ2v) is 7.62. The van der Waals surface area contributed by atoms with Crippen LogP contribution in [0.5, 0.6) is 11.6 Å². The lowest BCUT2D eigenvalue weighted by atomic mass is 10.1. The average molecular weight is 374 g/mol. The number of nitrogens with zero attached hydrogens (tertiary/aromatic N) is 4. The zero-order valence-electron chi connectivity index (χ0n) is 14.2. The number of hydrogen-bond donors (Lipinski definition) is 0. The van der Waals surface area contributed by atoms with Crippen LogP contribution in [-0.4, -0.2) is 49.0 Å². The van der Waals surface area contributed by atoms with Gasteiger partial charge in [-0.15, -0.1) is 0 Å². The van der Waals surface area contributed by atoms with Crippen LogP contribution < -0.4 is 9.47 Å². The molecular weight excluding hydrogens is 356 g/mol. The van der Waals surface area contributed by atoms with Crippen molar-refractivity contribution in [3.05, 3.63) is 42.4 Å². The topological polar surface area (TPSA) is 105 Å². The fourth-order valence-corrected chi connectivity index (χ4v) is 4.50. The van der Waals surface area contributed by atoms with Gasteiger partial charge in [0.05, 0.1) is 13.7 Å². The maximum absolute atomic E-state index is 13.0. The minimum Gasteiger partial charge on any atom is -0.495 e. The zero-order valence-corrected chi connectivity index (χ0v) is 15.0. The molecule has 0 spiro atoms. The first kappa shape index (κ1) is 18.1. The van der Waals surface area contributed by atoms with Gasteiger partial charge >= 0.3 is 0 Å². The predicted molar refractivity (Wildman–Crippen MR) is 92.1 cm³/mol. The molecule has 0 radical (unpaired) electrons. The first-order valence-corrected chi connectivity index (χ1v) is 9.51. The average Bonchev–Trinajstić information content (AvgIpc) is 2.68. The molecule has 9 heteroatoms. The molecule has 1 unspecified atom stereocenters. The minimum absolute atomic E-state index is 0.0807. The summed E-state index contributed by atoms with van der Waals surface area (Å²) in [6.45, 7) is 0.563. The number of para-hydroxylation sites is 1. The van der Waals surface area contributed by atoms with Crippen LogP contribution >= 0.6 is 0 Å². The molecule has 136 valence electrons. The van der Waals surface area contributed by atoms with Crippen molar-refractivity contribution in [2.24, 2.45) is 0 Å². The van der Waals surface area contributed by atoms with Crippen molar-refractivity contribution in [1.29, 1.82) is 5.26 Å². The Bertz CT molecular complexity index is 926. The van der Waals surface area contributed by atoms with Crippen LogP contribution in [0.4, 0.5) is 0 Å². The SMILES string of the molecule is COc1ccccc1S(=O)(=O)N1CCCC(Oc2nccnc2C#N)C1. The number of sulfonamides is 1. The first-order chi connectivity index (χ1) is 12.6. The zero-order chi connectivity index (χ0) is 18.6. The van der Waals surface area contributed by atoms with E-state index in [4.69, 9.17) is 14.7 Å². The van der Waals surface area contributed by atoms with Crippen LogP contribution in [-0.2, 0) is 10.0 Å². The van der Waals surface area contributed by atoms with Gasteiger partial charge in [-0.3, -0.25) is 0 Å². The van der Waals surface area contributed by atoms with E-state index in [2.05, 4.69) is 9.97 Å². The second-order valence-electron chi connectivity index (χ2n) is 5.72. The molecule has 1 aliphatic rings. The summed E-state index contributed by atoms with van der Waals surface area (Å²) in [7, 11) is -2.28. The second kappa shape index (κ2) is 7.68. The van der Waals surface area contributed by atoms with Crippen LogP contribution in [0.2, 0.25) is 0 Å². The molecule has 1 fully saturated rings. The summed E-state index contributed by atoms with van der Waals surface area (Å²) in [5.74, 6) is 0.424. The van der Waals surface area contributed by atoms with Gasteiger partial charge in [-0.1, -0.05) is 12.1 Å². The van der Waals surface area contributed by atoms with Gasteiger partial charge in [0.1, 0.15) is 22.8 Å². The molecule has 0 bridgehead atoms. The molecule has 8 nitrogen and oxygen atoms in total. The molecule has 0 N–H and O–H groups in total. The Morgan fingerprint density at radius 1 is 1.27 bits per heavy atom. The van der Waals surface area contributed by atoms with Gasteiger partial charge in [-0.25, -0.2) is 18.4 Å². The Hall–Kier alpha value is -2.70. The van der Waals surface area contributed by atoms with E-state index >= 15 is 0 Å². The molecule has 1 aromatic heterocycles. The standard InChI is InChI=1S/C17H18N4O4S/c1-24-15-6-2-3-7-16(15)26(22,23)21-10-4-5-13(12-21)25-17-14(11-18)19-8-9-20-17/h2-3,6-9,13H,4-5,10,12H2,1H3. The van der Waals surface area contributed by atoms with E-state index in [1.165, 1.54) is 29.9 Å². The number of nitriles is 1. The molecule has 0 aliphatic carbocycles. The summed E-state index contributed by atoms with van der Waals surface area (Å²) in [6, 6.07) is 8.44. The van der Waals surface area contributed by atoms with E-state index in [0.29, 0.717) is 25.1 Å². The molecular formula is C17H18N4O4S. The van der Waals surface area contributed by atoms with Gasteiger partial charge in [0.2, 0.25) is 15.7 Å². The van der Waals surface area contributed by atoms with Crippen molar-refractivity contribution in [3.63, 3.8) is 0 Å². The van der Waals surface area contributed by atoms with Crippen LogP contribution in [0, 0.1) is 11.3 Å². The molecule has 2 aromatic rings. The third kappa shape index (κ3) is 3.61. The van der Waals surface area contributed by atoms with E-state index < -0.39 is 16.1 Å². The Balaban J connectivity index is 1.81. The van der Waals surface area contributed by atoms with Crippen LogP contribution in [0.1, 0.15) is 18.5 Å². The van der Waals surface area contributed by atoms with Gasteiger partial charge in [-0.2, -0.15) is 9.57 Å². The van der Waals surface area contributed by atoms with Crippen LogP contribution in [0.15, 0.2) is 41.6 Å². The molecule has 0 saturated carbocycles. The number of benzene rings is 1. The van der Waals surface area contributed by atoms with Crippen molar-refractivity contribution < 1.29 is 17.9 Å². The third-order valence-electron chi connectivity index (χ3n) is 4.08.